The van der Waals surface area contributed by atoms with Gasteiger partial charge in [-0.25, -0.2) is 0 Å². The minimum absolute atomic E-state index is 0.0378. The van der Waals surface area contributed by atoms with Crippen LogP contribution in [-0.2, 0) is 29.2 Å². The quantitative estimate of drug-likeness (QED) is 0.0271. The SMILES string of the molecule is CC(C)CCOc1ccc2ccccc2c1-c1c(OCc2cn(C[C@@H](CCCCN)NC(=O)[C@@H](CCCN=C(N)N)NC(=O)Cc3ccc4c(c3)OCO4)nn2)ccc2ccccc12. The first-order chi connectivity index (χ1) is 31.1. The molecule has 0 saturated heterocycles. The molecule has 15 nitrogen and oxygen atoms in total. The lowest BCUT2D eigenvalue weighted by molar-refractivity contribution is -0.129. The van der Waals surface area contributed by atoms with Crippen LogP contribution in [0.15, 0.2) is 102 Å². The van der Waals surface area contributed by atoms with Gasteiger partial charge in [0, 0.05) is 23.7 Å². The fourth-order valence-electron chi connectivity index (χ4n) is 7.84. The molecular formula is C49H59N9O6. The molecule has 2 atom stereocenters. The van der Waals surface area contributed by atoms with Crippen molar-refractivity contribution in [2.75, 3.05) is 26.5 Å². The first kappa shape index (κ1) is 45.2. The molecule has 0 fully saturated rings. The van der Waals surface area contributed by atoms with E-state index in [4.69, 9.17) is 36.1 Å². The Kier molecular flexibility index (Phi) is 15.5. The summed E-state index contributed by atoms with van der Waals surface area (Å²) in [6, 6.07) is 29.0. The number of fused-ring (bicyclic) bond motifs is 3. The number of benzene rings is 5. The Balaban J connectivity index is 1.08. The molecule has 64 heavy (non-hydrogen) atoms. The number of ether oxygens (including phenoxy) is 4. The Bertz CT molecular complexity index is 2550. The molecule has 6 aromatic rings. The molecule has 2 amide bonds. The fraction of sp³-hybridized carbons (Fsp3) is 0.367. The number of hydrogen-bond acceptors (Lipinski definition) is 10. The third-order valence-corrected chi connectivity index (χ3v) is 11.1. The van der Waals surface area contributed by atoms with Crippen molar-refractivity contribution in [2.24, 2.45) is 28.1 Å². The summed E-state index contributed by atoms with van der Waals surface area (Å²) in [7, 11) is 0. The van der Waals surface area contributed by atoms with Gasteiger partial charge < -0.3 is 46.8 Å². The second-order valence-electron chi connectivity index (χ2n) is 16.5. The summed E-state index contributed by atoms with van der Waals surface area (Å²) in [5.41, 5.74) is 20.2. The van der Waals surface area contributed by atoms with Crippen LogP contribution in [0.5, 0.6) is 23.0 Å². The van der Waals surface area contributed by atoms with Gasteiger partial charge in [0.2, 0.25) is 18.6 Å². The molecule has 5 aromatic carbocycles. The number of aliphatic imine (C=N–C) groups is 1. The molecular weight excluding hydrogens is 811 g/mol. The van der Waals surface area contributed by atoms with Gasteiger partial charge in [0.25, 0.3) is 0 Å². The molecule has 0 saturated carbocycles. The Morgan fingerprint density at radius 1 is 0.812 bits per heavy atom. The lowest BCUT2D eigenvalue weighted by atomic mass is 9.92. The minimum atomic E-state index is -0.841. The van der Waals surface area contributed by atoms with E-state index in [1.54, 1.807) is 22.9 Å². The van der Waals surface area contributed by atoms with Gasteiger partial charge in [-0.2, -0.15) is 0 Å². The number of carbonyl (C=O) groups is 2. The highest BCUT2D eigenvalue weighted by Crippen LogP contribution is 2.46. The van der Waals surface area contributed by atoms with E-state index in [1.165, 1.54) is 0 Å². The topological polar surface area (TPSA) is 216 Å². The van der Waals surface area contributed by atoms with Crippen molar-refractivity contribution in [3.05, 3.63) is 108 Å². The van der Waals surface area contributed by atoms with Gasteiger partial charge in [-0.15, -0.1) is 5.10 Å². The first-order valence-corrected chi connectivity index (χ1v) is 22.1. The smallest absolute Gasteiger partial charge is 0.242 e. The molecule has 7 rings (SSSR count). The number of unbranched alkanes of at least 4 members (excludes halogenated alkanes) is 1. The summed E-state index contributed by atoms with van der Waals surface area (Å²) in [4.78, 5) is 31.4. The van der Waals surface area contributed by atoms with E-state index in [-0.39, 0.29) is 43.6 Å². The number of guanidine groups is 1. The summed E-state index contributed by atoms with van der Waals surface area (Å²) >= 11 is 0. The highest BCUT2D eigenvalue weighted by molar-refractivity contribution is 6.09. The largest absolute Gasteiger partial charge is 0.493 e. The Morgan fingerprint density at radius 2 is 1.52 bits per heavy atom. The van der Waals surface area contributed by atoms with Crippen molar-refractivity contribution in [3.8, 4) is 34.1 Å². The number of aromatic nitrogens is 3. The molecule has 0 bridgehead atoms. The van der Waals surface area contributed by atoms with E-state index >= 15 is 0 Å². The highest BCUT2D eigenvalue weighted by atomic mass is 16.7. The second kappa shape index (κ2) is 22.0. The number of nitrogens with zero attached hydrogens (tertiary/aromatic N) is 4. The van der Waals surface area contributed by atoms with Gasteiger partial charge in [0.1, 0.15) is 29.8 Å². The number of hydrogen-bond donors (Lipinski definition) is 5. The average Bonchev–Trinajstić information content (AvgIpc) is 3.95. The molecule has 0 aliphatic carbocycles. The second-order valence-corrected chi connectivity index (χ2v) is 16.5. The van der Waals surface area contributed by atoms with Crippen molar-refractivity contribution in [2.45, 2.75) is 84.0 Å². The van der Waals surface area contributed by atoms with Gasteiger partial charge in [0.05, 0.1) is 25.8 Å². The predicted molar refractivity (Wildman–Crippen MR) is 249 cm³/mol. The van der Waals surface area contributed by atoms with Crippen LogP contribution in [-0.4, -0.2) is 71.3 Å². The number of nitrogens with one attached hydrogen (secondary N) is 2. The van der Waals surface area contributed by atoms with E-state index in [2.05, 4.69) is 82.3 Å². The van der Waals surface area contributed by atoms with Crippen molar-refractivity contribution < 1.29 is 28.5 Å². The number of amides is 2. The van der Waals surface area contributed by atoms with Gasteiger partial charge in [-0.3, -0.25) is 19.3 Å². The fourth-order valence-corrected chi connectivity index (χ4v) is 7.84. The summed E-state index contributed by atoms with van der Waals surface area (Å²) in [5, 5.41) is 19.3. The zero-order valence-electron chi connectivity index (χ0n) is 36.6. The summed E-state index contributed by atoms with van der Waals surface area (Å²) in [6.45, 7) is 6.43. The van der Waals surface area contributed by atoms with E-state index in [0.717, 1.165) is 63.2 Å². The Morgan fingerprint density at radius 3 is 2.22 bits per heavy atom. The van der Waals surface area contributed by atoms with Crippen molar-refractivity contribution in [1.82, 2.24) is 25.6 Å². The molecule has 0 spiro atoms. The third-order valence-electron chi connectivity index (χ3n) is 11.1. The van der Waals surface area contributed by atoms with E-state index in [1.807, 2.05) is 36.5 Å². The number of carbonyl (C=O) groups excluding carboxylic acids is 2. The average molecular weight is 870 g/mol. The molecule has 0 radical (unpaired) electrons. The molecule has 15 heteroatoms. The van der Waals surface area contributed by atoms with Crippen LogP contribution in [0.3, 0.4) is 0 Å². The van der Waals surface area contributed by atoms with Crippen LogP contribution in [0.25, 0.3) is 32.7 Å². The zero-order chi connectivity index (χ0) is 44.8. The molecule has 0 unspecified atom stereocenters. The summed E-state index contributed by atoms with van der Waals surface area (Å²) in [5.74, 6) is 2.52. The standard InChI is InChI=1S/C49H59N9O6/c1-32(2)22-25-61-42-20-17-34-10-3-5-13-38(34)46(42)47-39-14-6-4-11-35(39)18-21-43(47)62-30-37-29-58(57-56-37)28-36(12-7-8-23-50)54-48(60)40(15-9-24-53-49(51)52)55-45(59)27-33-16-19-41-44(26-33)64-31-63-41/h3-6,10-11,13-14,16-21,26,29,32,36,40H,7-9,12,15,22-25,27-28,30-31,50H2,1-2H3,(H,54,60)(H,55,59)(H4,51,52,53)/t36-,40-/m1/s1. The van der Waals surface area contributed by atoms with Gasteiger partial charge >= 0.3 is 0 Å². The highest BCUT2D eigenvalue weighted by Gasteiger charge is 2.25. The minimum Gasteiger partial charge on any atom is -0.493 e. The van der Waals surface area contributed by atoms with Crippen LogP contribution >= 0.6 is 0 Å². The first-order valence-electron chi connectivity index (χ1n) is 22.1. The van der Waals surface area contributed by atoms with Crippen LogP contribution in [0, 0.1) is 5.92 Å². The molecule has 1 aromatic heterocycles. The van der Waals surface area contributed by atoms with Gasteiger partial charge in [-0.05, 0) is 95.9 Å². The molecule has 336 valence electrons. The predicted octanol–water partition coefficient (Wildman–Crippen LogP) is 6.38. The van der Waals surface area contributed by atoms with E-state index in [0.29, 0.717) is 74.4 Å². The lowest BCUT2D eigenvalue weighted by Crippen LogP contribution is -2.51. The van der Waals surface area contributed by atoms with Crippen molar-refractivity contribution in [3.63, 3.8) is 0 Å². The number of rotatable bonds is 23. The lowest BCUT2D eigenvalue weighted by Gasteiger charge is -2.23. The summed E-state index contributed by atoms with van der Waals surface area (Å²) < 4.78 is 25.8. The van der Waals surface area contributed by atoms with Crippen LogP contribution in [0.1, 0.15) is 63.6 Å². The normalized spacial score (nSPS) is 12.9. The molecule has 2 heterocycles. The van der Waals surface area contributed by atoms with Crippen LogP contribution in [0.4, 0.5) is 0 Å². The monoisotopic (exact) mass is 869 g/mol. The molecule has 1 aliphatic heterocycles. The van der Waals surface area contributed by atoms with Crippen molar-refractivity contribution in [1.29, 1.82) is 0 Å². The van der Waals surface area contributed by atoms with Crippen LogP contribution < -0.4 is 46.8 Å². The molecule has 1 aliphatic rings. The summed E-state index contributed by atoms with van der Waals surface area (Å²) in [6.07, 6.45) is 5.79. The zero-order valence-corrected chi connectivity index (χ0v) is 36.6. The Labute approximate surface area is 373 Å². The maximum atomic E-state index is 14.0. The van der Waals surface area contributed by atoms with Crippen molar-refractivity contribution >= 4 is 39.3 Å². The maximum absolute atomic E-state index is 14.0. The third kappa shape index (κ3) is 12.0. The Hall–Kier alpha value is -6.87. The molecule has 8 N–H and O–H groups in total. The van der Waals surface area contributed by atoms with Crippen LogP contribution in [0.2, 0.25) is 0 Å². The number of nitrogens with two attached hydrogens (primary N) is 3. The van der Waals surface area contributed by atoms with Gasteiger partial charge in [-0.1, -0.05) is 92.2 Å². The maximum Gasteiger partial charge on any atom is 0.242 e. The van der Waals surface area contributed by atoms with E-state index < -0.39 is 6.04 Å². The van der Waals surface area contributed by atoms with E-state index in [9.17, 15) is 9.59 Å². The van der Waals surface area contributed by atoms with Gasteiger partial charge in [0.15, 0.2) is 17.5 Å².